The van der Waals surface area contributed by atoms with Gasteiger partial charge in [-0.3, -0.25) is 9.59 Å². The molecule has 2 aliphatic rings. The number of anilines is 1. The van der Waals surface area contributed by atoms with Gasteiger partial charge in [0.05, 0.1) is 18.4 Å². The molecule has 4 rings (SSSR count). The average molecular weight is 483 g/mol. The van der Waals surface area contributed by atoms with Crippen molar-refractivity contribution < 1.29 is 28.3 Å². The molecule has 0 bridgehead atoms. The van der Waals surface area contributed by atoms with Gasteiger partial charge in [0.2, 0.25) is 0 Å². The highest BCUT2D eigenvalue weighted by Gasteiger charge is 2.38. The van der Waals surface area contributed by atoms with Crippen LogP contribution in [-0.2, 0) is 20.9 Å². The fourth-order valence-corrected chi connectivity index (χ4v) is 4.50. The minimum Gasteiger partial charge on any atom is -0.465 e. The molecule has 1 N–H and O–H groups in total. The van der Waals surface area contributed by atoms with E-state index in [0.717, 1.165) is 0 Å². The van der Waals surface area contributed by atoms with Gasteiger partial charge in [0.15, 0.2) is 0 Å². The molecular formula is C25H27FN4O5. The lowest BCUT2D eigenvalue weighted by molar-refractivity contribution is -0.158. The monoisotopic (exact) mass is 482 g/mol. The maximum absolute atomic E-state index is 13.5. The number of hydrogen-bond donors (Lipinski definition) is 1. The van der Waals surface area contributed by atoms with Crippen molar-refractivity contribution in [2.24, 2.45) is 0 Å². The third-order valence-corrected chi connectivity index (χ3v) is 6.37. The number of carbonyl (C=O) groups excluding carboxylic acids is 4. The Hall–Kier alpha value is -3.95. The molecule has 184 valence electrons. The highest BCUT2D eigenvalue weighted by atomic mass is 19.1. The van der Waals surface area contributed by atoms with E-state index >= 15 is 0 Å². The van der Waals surface area contributed by atoms with Gasteiger partial charge in [-0.15, -0.1) is 0 Å². The lowest BCUT2D eigenvalue weighted by Crippen LogP contribution is -2.59. The van der Waals surface area contributed by atoms with E-state index in [1.165, 1.54) is 24.1 Å². The molecule has 35 heavy (non-hydrogen) atoms. The number of halogens is 1. The Morgan fingerprint density at radius 2 is 1.74 bits per heavy atom. The van der Waals surface area contributed by atoms with Crippen LogP contribution in [0.3, 0.4) is 0 Å². The average Bonchev–Trinajstić information content (AvgIpc) is 2.87. The number of amides is 4. The minimum absolute atomic E-state index is 0.144. The topological polar surface area (TPSA) is 99.3 Å². The van der Waals surface area contributed by atoms with Gasteiger partial charge < -0.3 is 24.8 Å². The smallest absolute Gasteiger partial charge is 0.339 e. The molecule has 0 atom stereocenters. The zero-order valence-electron chi connectivity index (χ0n) is 19.4. The lowest BCUT2D eigenvalue weighted by atomic mass is 10.0. The molecule has 9 nitrogen and oxygen atoms in total. The number of ether oxygens (including phenoxy) is 1. The normalized spacial score (nSPS) is 16.9. The summed E-state index contributed by atoms with van der Waals surface area (Å²) in [7, 11) is 1.28. The van der Waals surface area contributed by atoms with Crippen LogP contribution >= 0.6 is 0 Å². The third-order valence-electron chi connectivity index (χ3n) is 6.37. The van der Waals surface area contributed by atoms with Crippen molar-refractivity contribution in [2.75, 3.05) is 38.6 Å². The summed E-state index contributed by atoms with van der Waals surface area (Å²) < 4.78 is 18.2. The molecule has 0 saturated carbocycles. The van der Waals surface area contributed by atoms with Crippen LogP contribution in [0, 0.1) is 5.82 Å². The molecule has 4 amide bonds. The summed E-state index contributed by atoms with van der Waals surface area (Å²) in [6.07, 6.45) is 1.07. The van der Waals surface area contributed by atoms with Crippen LogP contribution in [0.4, 0.5) is 14.9 Å². The van der Waals surface area contributed by atoms with Crippen molar-refractivity contribution in [2.45, 2.75) is 25.4 Å². The summed E-state index contributed by atoms with van der Waals surface area (Å²) in [6.45, 7) is 1.75. The first-order valence-electron chi connectivity index (χ1n) is 11.4. The number of piperazine rings is 1. The second kappa shape index (κ2) is 10.5. The number of urea groups is 1. The second-order valence-electron chi connectivity index (χ2n) is 8.54. The molecule has 2 heterocycles. The molecule has 0 aromatic heterocycles. The van der Waals surface area contributed by atoms with Gasteiger partial charge in [0, 0.05) is 38.8 Å². The number of nitrogens with one attached hydrogen (secondary N) is 1. The van der Waals surface area contributed by atoms with Gasteiger partial charge in [0.1, 0.15) is 5.82 Å². The highest BCUT2D eigenvalue weighted by molar-refractivity contribution is 6.35. The van der Waals surface area contributed by atoms with Gasteiger partial charge in [-0.25, -0.2) is 14.0 Å². The molecule has 2 saturated heterocycles. The van der Waals surface area contributed by atoms with Gasteiger partial charge >= 0.3 is 23.8 Å². The van der Waals surface area contributed by atoms with Crippen LogP contribution in [0.2, 0.25) is 0 Å². The van der Waals surface area contributed by atoms with Crippen molar-refractivity contribution in [3.8, 4) is 0 Å². The molecule has 0 radical (unpaired) electrons. The minimum atomic E-state index is -0.597. The Morgan fingerprint density at radius 3 is 2.46 bits per heavy atom. The first kappa shape index (κ1) is 24.2. The first-order chi connectivity index (χ1) is 16.9. The van der Waals surface area contributed by atoms with E-state index < -0.39 is 17.8 Å². The van der Waals surface area contributed by atoms with Gasteiger partial charge in [0.25, 0.3) is 0 Å². The van der Waals surface area contributed by atoms with E-state index in [1.54, 1.807) is 46.2 Å². The highest BCUT2D eigenvalue weighted by Crippen LogP contribution is 2.22. The van der Waals surface area contributed by atoms with Gasteiger partial charge in [-0.05, 0) is 42.7 Å². The van der Waals surface area contributed by atoms with E-state index in [-0.39, 0.29) is 30.0 Å². The van der Waals surface area contributed by atoms with Gasteiger partial charge in [-0.2, -0.15) is 0 Å². The van der Waals surface area contributed by atoms with Crippen LogP contribution in [0.15, 0.2) is 48.5 Å². The molecule has 10 heteroatoms. The fraction of sp³-hybridized carbons (Fsp3) is 0.360. The molecule has 0 unspecified atom stereocenters. The Bertz CT molecular complexity index is 1130. The van der Waals surface area contributed by atoms with Crippen molar-refractivity contribution in [1.82, 2.24) is 14.7 Å². The van der Waals surface area contributed by atoms with E-state index in [4.69, 9.17) is 4.74 Å². The quantitative estimate of drug-likeness (QED) is 0.522. The van der Waals surface area contributed by atoms with E-state index in [0.29, 0.717) is 50.3 Å². The number of piperidine rings is 1. The van der Waals surface area contributed by atoms with Crippen molar-refractivity contribution >= 4 is 29.5 Å². The Morgan fingerprint density at radius 1 is 1.00 bits per heavy atom. The SMILES string of the molecule is COC(=O)c1ccccc1NC(=O)N1CCC(N2CCN(Cc3cccc(F)c3)C(=O)C2=O)CC1. The van der Waals surface area contributed by atoms with Crippen LogP contribution in [0.25, 0.3) is 0 Å². The second-order valence-corrected chi connectivity index (χ2v) is 8.54. The lowest BCUT2D eigenvalue weighted by Gasteiger charge is -2.42. The molecule has 0 spiro atoms. The predicted molar refractivity (Wildman–Crippen MR) is 125 cm³/mol. The molecule has 2 aliphatic heterocycles. The van der Waals surface area contributed by atoms with Crippen LogP contribution in [0.1, 0.15) is 28.8 Å². The first-order valence-corrected chi connectivity index (χ1v) is 11.4. The number of rotatable bonds is 5. The van der Waals surface area contributed by atoms with Crippen LogP contribution in [-0.4, -0.2) is 77.8 Å². The Kier molecular flexibility index (Phi) is 7.28. The van der Waals surface area contributed by atoms with Crippen LogP contribution in [0.5, 0.6) is 0 Å². The number of nitrogens with zero attached hydrogens (tertiary/aromatic N) is 3. The maximum atomic E-state index is 13.5. The number of benzene rings is 2. The van der Waals surface area contributed by atoms with E-state index in [2.05, 4.69) is 5.32 Å². The molecule has 2 aromatic rings. The summed E-state index contributed by atoms with van der Waals surface area (Å²) in [5, 5.41) is 2.76. The summed E-state index contributed by atoms with van der Waals surface area (Å²) in [5.74, 6) is -2.09. The summed E-state index contributed by atoms with van der Waals surface area (Å²) in [4.78, 5) is 54.8. The number of methoxy groups -OCH3 is 1. The maximum Gasteiger partial charge on any atom is 0.339 e. The Labute approximate surface area is 202 Å². The number of hydrogen-bond acceptors (Lipinski definition) is 5. The molecule has 2 fully saturated rings. The van der Waals surface area contributed by atoms with Crippen LogP contribution < -0.4 is 5.32 Å². The zero-order chi connectivity index (χ0) is 24.9. The summed E-state index contributed by atoms with van der Waals surface area (Å²) >= 11 is 0. The number of esters is 1. The van der Waals surface area contributed by atoms with Crippen molar-refractivity contribution in [3.05, 3.63) is 65.5 Å². The summed E-state index contributed by atoms with van der Waals surface area (Å²) in [6, 6.07) is 12.1. The number of para-hydroxylation sites is 1. The molecule has 0 aliphatic carbocycles. The van der Waals surface area contributed by atoms with Crippen molar-refractivity contribution in [3.63, 3.8) is 0 Å². The molecular weight excluding hydrogens is 455 g/mol. The Balaban J connectivity index is 1.31. The standard InChI is InChI=1S/C25H27FN4O5/c1-35-24(33)20-7-2-3-8-21(20)27-25(34)28-11-9-19(10-12-28)30-14-13-29(22(31)23(30)32)16-17-5-4-6-18(26)15-17/h2-8,15,19H,9-14,16H2,1H3,(H,27,34). The third kappa shape index (κ3) is 5.42. The number of likely N-dealkylation sites (tertiary alicyclic amines) is 1. The zero-order valence-corrected chi connectivity index (χ0v) is 19.4. The fourth-order valence-electron chi connectivity index (χ4n) is 4.50. The van der Waals surface area contributed by atoms with E-state index in [1.807, 2.05) is 0 Å². The molecule has 2 aromatic carbocycles. The predicted octanol–water partition coefficient (Wildman–Crippen LogP) is 2.48. The van der Waals surface area contributed by atoms with Gasteiger partial charge in [-0.1, -0.05) is 24.3 Å². The van der Waals surface area contributed by atoms with E-state index in [9.17, 15) is 23.6 Å². The summed E-state index contributed by atoms with van der Waals surface area (Å²) in [5.41, 5.74) is 1.26. The number of carbonyl (C=O) groups is 4. The van der Waals surface area contributed by atoms with Crippen molar-refractivity contribution in [1.29, 1.82) is 0 Å². The largest absolute Gasteiger partial charge is 0.465 e.